The first-order valence-corrected chi connectivity index (χ1v) is 38.1. The lowest BCUT2D eigenvalue weighted by molar-refractivity contribution is -0.137. The number of aliphatic hydroxyl groups is 1. The van der Waals surface area contributed by atoms with Crippen LogP contribution >= 0.6 is 25.8 Å². The number of ether oxygens (including phenoxy) is 8. The van der Waals surface area contributed by atoms with Gasteiger partial charge in [0.15, 0.2) is 47.1 Å². The molecule has 7 amide bonds. The van der Waals surface area contributed by atoms with Crippen molar-refractivity contribution in [1.29, 1.82) is 0 Å². The molecule has 0 saturated carbocycles. The number of nitrogens with zero attached hydrogens (tertiary/aromatic N) is 8. The Morgan fingerprint density at radius 1 is 0.781 bits per heavy atom. The number of hydrogen-bond donors (Lipinski definition) is 8. The second-order valence-corrected chi connectivity index (χ2v) is 30.0. The van der Waals surface area contributed by atoms with Crippen LogP contribution in [0.5, 0.6) is 0 Å². The first-order valence-electron chi connectivity index (χ1n) is 32.8. The number of benzene rings is 2. The minimum atomic E-state index is -4.63. The van der Waals surface area contributed by atoms with Gasteiger partial charge in [-0.3, -0.25) is 56.6 Å². The Morgan fingerprint density at radius 3 is 2.11 bits per heavy atom. The number of alkyl halides is 1. The lowest BCUT2D eigenvalue weighted by atomic mass is 10.0. The van der Waals surface area contributed by atoms with E-state index in [0.29, 0.717) is 56.5 Å². The summed E-state index contributed by atoms with van der Waals surface area (Å²) in [5.41, 5.74) is 0.255. The topological polar surface area (TPSA) is 437 Å². The van der Waals surface area contributed by atoms with Gasteiger partial charge in [0.2, 0.25) is 17.7 Å². The van der Waals surface area contributed by atoms with Gasteiger partial charge >= 0.3 is 19.6 Å². The molecule has 2 bridgehead atoms. The normalized spacial score (nSPS) is 23.9. The van der Waals surface area contributed by atoms with Crippen LogP contribution in [0.3, 0.4) is 0 Å². The van der Waals surface area contributed by atoms with Crippen molar-refractivity contribution in [2.75, 3.05) is 104 Å². The van der Waals surface area contributed by atoms with E-state index in [0.717, 1.165) is 39.2 Å². The highest BCUT2D eigenvalue weighted by molar-refractivity contribution is 8.44. The van der Waals surface area contributed by atoms with Crippen molar-refractivity contribution in [3.05, 3.63) is 119 Å². The highest BCUT2D eigenvalue weighted by Crippen LogP contribution is 2.58. The number of fused-ring (bicyclic) bond motifs is 5. The molecule has 42 heteroatoms. The van der Waals surface area contributed by atoms with Crippen LogP contribution in [0.2, 0.25) is 0 Å². The summed E-state index contributed by atoms with van der Waals surface area (Å²) < 4.78 is 115. The number of imidazole rings is 1. The summed E-state index contributed by atoms with van der Waals surface area (Å²) in [7, 11) is 1.46. The highest BCUT2D eigenvalue weighted by atomic mass is 32.7. The molecule has 4 aliphatic rings. The van der Waals surface area contributed by atoms with Crippen molar-refractivity contribution >= 4 is 113 Å². The molecule has 2 aromatic carbocycles. The van der Waals surface area contributed by atoms with Gasteiger partial charge in [-0.25, -0.2) is 38.1 Å². The van der Waals surface area contributed by atoms with Crippen LogP contribution in [0, 0.1) is 11.7 Å². The van der Waals surface area contributed by atoms with E-state index in [9.17, 15) is 52.9 Å². The Kier molecular flexibility index (Phi) is 27.7. The molecular formula is C63H77F2N13O23P2S2. The van der Waals surface area contributed by atoms with E-state index in [2.05, 4.69) is 58.4 Å². The van der Waals surface area contributed by atoms with Gasteiger partial charge < -0.3 is 88.1 Å². The van der Waals surface area contributed by atoms with Gasteiger partial charge in [-0.1, -0.05) is 56.4 Å². The van der Waals surface area contributed by atoms with Crippen molar-refractivity contribution < 1.29 is 113 Å². The van der Waals surface area contributed by atoms with Crippen molar-refractivity contribution in [2.24, 2.45) is 5.92 Å². The zero-order chi connectivity index (χ0) is 75.1. The number of imide groups is 1. The molecule has 568 valence electrons. The molecule has 8 heterocycles. The second-order valence-electron chi connectivity index (χ2n) is 24.3. The van der Waals surface area contributed by atoms with Crippen LogP contribution in [0.25, 0.3) is 22.2 Å². The van der Waals surface area contributed by atoms with Crippen LogP contribution in [0.15, 0.2) is 90.7 Å². The number of amides is 7. The summed E-state index contributed by atoms with van der Waals surface area (Å²) in [4.78, 5) is 135. The molecule has 3 saturated heterocycles. The number of halogens is 2. The average molecular weight is 1550 g/mol. The Bertz CT molecular complexity index is 4280. The maximum absolute atomic E-state index is 16.9. The third kappa shape index (κ3) is 20.8. The van der Waals surface area contributed by atoms with E-state index in [1.165, 1.54) is 37.1 Å². The number of anilines is 2. The molecule has 10 rings (SSSR count). The first-order chi connectivity index (χ1) is 50.3. The van der Waals surface area contributed by atoms with E-state index in [4.69, 9.17) is 67.8 Å². The van der Waals surface area contributed by atoms with Crippen molar-refractivity contribution in [1.82, 2.24) is 54.5 Å². The number of carbonyl (C=O) groups is 7. The minimum absolute atomic E-state index is 0.0309. The number of aromatic amines is 1. The van der Waals surface area contributed by atoms with Crippen molar-refractivity contribution in [2.45, 2.75) is 102 Å². The van der Waals surface area contributed by atoms with Crippen LogP contribution in [-0.2, 0) is 109 Å². The highest BCUT2D eigenvalue weighted by Gasteiger charge is 2.54. The zero-order valence-electron chi connectivity index (χ0n) is 56.8. The van der Waals surface area contributed by atoms with Gasteiger partial charge in [-0.15, -0.1) is 0 Å². The van der Waals surface area contributed by atoms with Crippen LogP contribution in [0.4, 0.5) is 25.1 Å². The Balaban J connectivity index is 0.636. The minimum Gasteiger partial charge on any atom is -0.445 e. The number of H-pyrrole nitrogens is 1. The number of hydrogen-bond acceptors (Lipinski definition) is 27. The number of thiol groups is 1. The number of aromatic nitrogens is 7. The van der Waals surface area contributed by atoms with Crippen LogP contribution in [0.1, 0.15) is 61.1 Å². The lowest BCUT2D eigenvalue weighted by Gasteiger charge is -2.27. The molecule has 0 spiro atoms. The summed E-state index contributed by atoms with van der Waals surface area (Å²) in [5, 5.41) is 21.7. The quantitative estimate of drug-likeness (QED) is 0.0130. The predicted molar refractivity (Wildman–Crippen MR) is 369 cm³/mol. The Morgan fingerprint density at radius 2 is 1.43 bits per heavy atom. The monoisotopic (exact) mass is 1550 g/mol. The molecule has 4 aromatic heterocycles. The van der Waals surface area contributed by atoms with Gasteiger partial charge in [-0.05, 0) is 54.0 Å². The van der Waals surface area contributed by atoms with E-state index in [1.54, 1.807) is 56.3 Å². The lowest BCUT2D eigenvalue weighted by Crippen LogP contribution is -2.53. The Labute approximate surface area is 607 Å². The summed E-state index contributed by atoms with van der Waals surface area (Å²) in [6.07, 6.45) is -7.99. The number of rotatable bonds is 32. The van der Waals surface area contributed by atoms with Gasteiger partial charge in [0.05, 0.1) is 98.5 Å². The largest absolute Gasteiger partial charge is 0.445 e. The molecule has 36 nitrogen and oxygen atoms in total. The molecule has 105 heavy (non-hydrogen) atoms. The van der Waals surface area contributed by atoms with Crippen LogP contribution < -0.4 is 26.8 Å². The molecule has 7 N–H and O–H groups in total. The van der Waals surface area contributed by atoms with E-state index < -0.39 is 134 Å². The standard InChI is InChI=1S/C63H77F2N13O23P2S2/c1-35(2)49(73-44(79)15-17-90-19-21-92-23-25-94-26-24-93-22-20-91-18-16-76-45(80)13-14-46(76)81)60(86)71-36(3)57(83)72-39-11-9-37(10-12-39)29-95-63(87)75(4)27-38-7-5-6-8-40(38)58(84)74-54-50-56(68-32-66-54)78(34-70-50)61-48(65)52-43(99-61)31-97-103(89,105)101-53-51(82)42(30-96-102(88,104)100-52)98-62(53)77-28-41(64)47-55(77)67-33-69-59(47)85/h5-14,28,32-36,42-43,48-49,51-53,61-62,82H,15-27,29-31H2,1-4H3,(H,71,86)(H,72,83)(H,73,79)(H,88,104)(H,89,105)(H,67,69,85)(H,66,68,74,84)/t36-,42+,43+,48+,49-,51+,52+,53+,61+,62+,102?,103?/m0/s1. The molecular weight excluding hydrogens is 1470 g/mol. The van der Waals surface area contributed by atoms with Crippen molar-refractivity contribution in [3.8, 4) is 0 Å². The average Bonchev–Trinajstić information content (AvgIpc) is 1.69. The number of nitrogens with one attached hydrogen (secondary N) is 5. The molecule has 0 aliphatic carbocycles. The second kappa shape index (κ2) is 36.5. The van der Waals surface area contributed by atoms with Gasteiger partial charge in [0.1, 0.15) is 60.9 Å². The van der Waals surface area contributed by atoms with E-state index in [1.807, 2.05) is 0 Å². The fourth-order valence-corrected chi connectivity index (χ4v) is 14.0. The summed E-state index contributed by atoms with van der Waals surface area (Å²) in [6.45, 7) is -3.11. The Hall–Kier alpha value is -7.99. The smallest absolute Gasteiger partial charge is 0.410 e. The fourth-order valence-electron chi connectivity index (χ4n) is 11.1. The third-order valence-corrected chi connectivity index (χ3v) is 19.7. The van der Waals surface area contributed by atoms with Crippen molar-refractivity contribution in [3.63, 3.8) is 0 Å². The van der Waals surface area contributed by atoms with E-state index in [-0.39, 0.29) is 98.5 Å². The van der Waals surface area contributed by atoms with Gasteiger partial charge in [0, 0.05) is 49.6 Å². The zero-order valence-corrected chi connectivity index (χ0v) is 60.3. The molecule has 0 radical (unpaired) electrons. The number of aliphatic hydroxyl groups excluding tert-OH is 1. The molecule has 2 unspecified atom stereocenters. The fraction of sp³-hybridized carbons (Fsp3) is 0.492. The SMILES string of the molecule is CC(C)[C@H](NC(=O)CCOCCOCCOCCOCCOCCN1C(=O)C=CC1=O)C(=O)N[C@@H](C)C(=O)Nc1ccc(COC(=O)N(C)Cc2ccccc2C(=O)Nc2ncnc3c2ncn3[C@@H]2O[C@@H]3COP(O)(=S)O[C@@H]4[C@H](O)[C@@H](COP(=O)(S)O[C@H]3[C@H]2F)O[C@H]4n2cc(F)c3c(=O)[nH]cnc32)cc1. The summed E-state index contributed by atoms with van der Waals surface area (Å²) >= 11 is 9.38. The molecule has 4 aliphatic heterocycles. The van der Waals surface area contributed by atoms with E-state index >= 15 is 8.78 Å². The first kappa shape index (κ1) is 79.6. The van der Waals surface area contributed by atoms with Gasteiger partial charge in [0.25, 0.3) is 23.3 Å². The van der Waals surface area contributed by atoms with Gasteiger partial charge in [-0.2, -0.15) is 0 Å². The molecule has 3 fully saturated rings. The summed E-state index contributed by atoms with van der Waals surface area (Å²) in [6, 6.07) is 10.8. The third-order valence-electron chi connectivity index (χ3n) is 16.5. The molecule has 12 atom stereocenters. The van der Waals surface area contributed by atoms with Crippen LogP contribution in [-0.4, -0.2) is 237 Å². The summed E-state index contributed by atoms with van der Waals surface area (Å²) in [5.74, 6) is -4.42. The predicted octanol–water partition coefficient (Wildman–Crippen LogP) is 3.27. The maximum atomic E-state index is 16.9. The molecule has 6 aromatic rings. The maximum Gasteiger partial charge on any atom is 0.410 e. The number of carbonyl (C=O) groups excluding carboxylic acids is 7.